The lowest BCUT2D eigenvalue weighted by Crippen LogP contribution is -2.42. The van der Waals surface area contributed by atoms with Gasteiger partial charge in [0.05, 0.1) is 0 Å². The van der Waals surface area contributed by atoms with Crippen molar-refractivity contribution >= 4 is 0 Å². The Morgan fingerprint density at radius 3 is 2.31 bits per heavy atom. The molecule has 0 radical (unpaired) electrons. The van der Waals surface area contributed by atoms with Crippen LogP contribution in [0.15, 0.2) is 0 Å². The summed E-state index contributed by atoms with van der Waals surface area (Å²) >= 11 is 0. The summed E-state index contributed by atoms with van der Waals surface area (Å²) < 4.78 is 0. The quantitative estimate of drug-likeness (QED) is 0.747. The molecule has 0 spiro atoms. The van der Waals surface area contributed by atoms with Crippen LogP contribution >= 0.6 is 0 Å². The Balaban J connectivity index is 1.76. The van der Waals surface area contributed by atoms with Crippen LogP contribution in [0.3, 0.4) is 0 Å². The highest BCUT2D eigenvalue weighted by atomic mass is 14.9. The molecule has 2 rings (SSSR count). The summed E-state index contributed by atoms with van der Waals surface area (Å²) in [6.45, 7) is 8.49. The third-order valence-corrected chi connectivity index (χ3v) is 4.80. The fraction of sp³-hybridized carbons (Fsp3) is 1.00. The Kier molecular flexibility index (Phi) is 4.29. The lowest BCUT2D eigenvalue weighted by Gasteiger charge is -2.35. The van der Waals surface area contributed by atoms with E-state index in [1.807, 2.05) is 0 Å². The molecule has 0 amide bonds. The third-order valence-electron chi connectivity index (χ3n) is 4.80. The number of hydrogen-bond donors (Lipinski definition) is 1. The highest BCUT2D eigenvalue weighted by Crippen LogP contribution is 2.36. The molecule has 0 aliphatic heterocycles. The summed E-state index contributed by atoms with van der Waals surface area (Å²) in [4.78, 5) is 0. The molecule has 0 aromatic carbocycles. The van der Waals surface area contributed by atoms with E-state index < -0.39 is 0 Å². The Morgan fingerprint density at radius 2 is 1.69 bits per heavy atom. The van der Waals surface area contributed by atoms with Crippen LogP contribution in [-0.4, -0.2) is 12.6 Å². The maximum atomic E-state index is 3.87. The van der Waals surface area contributed by atoms with Gasteiger partial charge >= 0.3 is 0 Å². The fourth-order valence-corrected chi connectivity index (χ4v) is 3.38. The van der Waals surface area contributed by atoms with Crippen LogP contribution in [0.5, 0.6) is 0 Å². The second-order valence-electron chi connectivity index (χ2n) is 6.52. The Bertz CT molecular complexity index is 207. The van der Waals surface area contributed by atoms with E-state index in [2.05, 4.69) is 26.1 Å². The second kappa shape index (κ2) is 5.53. The lowest BCUT2D eigenvalue weighted by atomic mass is 9.77. The first kappa shape index (κ1) is 12.4. The molecule has 2 aliphatic carbocycles. The third kappa shape index (κ3) is 3.23. The Hall–Kier alpha value is -0.0400. The van der Waals surface area contributed by atoms with Crippen molar-refractivity contribution in [3.05, 3.63) is 0 Å². The first-order valence-electron chi connectivity index (χ1n) is 7.42. The van der Waals surface area contributed by atoms with Gasteiger partial charge in [0, 0.05) is 6.04 Å². The maximum Gasteiger partial charge on any atom is 0.00978 e. The van der Waals surface area contributed by atoms with Gasteiger partial charge in [-0.15, -0.1) is 0 Å². The number of nitrogens with one attached hydrogen (secondary N) is 1. The van der Waals surface area contributed by atoms with Crippen molar-refractivity contribution in [2.24, 2.45) is 23.7 Å². The summed E-state index contributed by atoms with van der Waals surface area (Å²) in [6.07, 6.45) is 8.74. The topological polar surface area (TPSA) is 12.0 Å². The van der Waals surface area contributed by atoms with E-state index in [0.29, 0.717) is 0 Å². The predicted octanol–water partition coefficient (Wildman–Crippen LogP) is 3.84. The molecule has 2 fully saturated rings. The molecule has 0 aromatic heterocycles. The molecule has 0 saturated heterocycles. The Morgan fingerprint density at radius 1 is 1.00 bits per heavy atom. The van der Waals surface area contributed by atoms with E-state index in [-0.39, 0.29) is 0 Å². The summed E-state index contributed by atoms with van der Waals surface area (Å²) in [7, 11) is 0. The largest absolute Gasteiger partial charge is 0.313 e. The van der Waals surface area contributed by atoms with Gasteiger partial charge in [-0.1, -0.05) is 33.6 Å². The van der Waals surface area contributed by atoms with E-state index >= 15 is 0 Å². The van der Waals surface area contributed by atoms with Gasteiger partial charge in [0.25, 0.3) is 0 Å². The average Bonchev–Trinajstić information content (AvgIpc) is 3.10. The molecule has 0 heterocycles. The standard InChI is InChI=1S/C15H29N/c1-11(2)14-6-4-5-7-15(14)16-10-12(3)13-8-9-13/h11-16H,4-10H2,1-3H3. The van der Waals surface area contributed by atoms with Crippen LogP contribution in [0.25, 0.3) is 0 Å². The van der Waals surface area contributed by atoms with Gasteiger partial charge in [0.15, 0.2) is 0 Å². The van der Waals surface area contributed by atoms with Gasteiger partial charge < -0.3 is 5.32 Å². The zero-order chi connectivity index (χ0) is 11.5. The molecule has 1 heteroatoms. The minimum Gasteiger partial charge on any atom is -0.313 e. The molecule has 2 aliphatic rings. The van der Waals surface area contributed by atoms with E-state index in [9.17, 15) is 0 Å². The maximum absolute atomic E-state index is 3.87. The number of rotatable bonds is 5. The molecule has 1 N–H and O–H groups in total. The van der Waals surface area contributed by atoms with Crippen LogP contribution in [0.4, 0.5) is 0 Å². The van der Waals surface area contributed by atoms with E-state index in [1.165, 1.54) is 45.1 Å². The van der Waals surface area contributed by atoms with Gasteiger partial charge in [-0.25, -0.2) is 0 Å². The zero-order valence-electron chi connectivity index (χ0n) is 11.3. The molecule has 0 aromatic rings. The molecule has 1 nitrogen and oxygen atoms in total. The van der Waals surface area contributed by atoms with Crippen molar-refractivity contribution < 1.29 is 0 Å². The molecule has 3 unspecified atom stereocenters. The van der Waals surface area contributed by atoms with Crippen molar-refractivity contribution in [1.82, 2.24) is 5.32 Å². The molecular weight excluding hydrogens is 194 g/mol. The van der Waals surface area contributed by atoms with Crippen LogP contribution < -0.4 is 5.32 Å². The average molecular weight is 223 g/mol. The van der Waals surface area contributed by atoms with Crippen LogP contribution in [0.1, 0.15) is 59.3 Å². The fourth-order valence-electron chi connectivity index (χ4n) is 3.38. The first-order valence-corrected chi connectivity index (χ1v) is 7.42. The van der Waals surface area contributed by atoms with E-state index in [1.54, 1.807) is 0 Å². The van der Waals surface area contributed by atoms with Gasteiger partial charge in [-0.2, -0.15) is 0 Å². The molecule has 0 bridgehead atoms. The predicted molar refractivity (Wildman–Crippen MR) is 70.5 cm³/mol. The molecule has 16 heavy (non-hydrogen) atoms. The minimum absolute atomic E-state index is 0.815. The normalized spacial score (nSPS) is 33.0. The molecular formula is C15H29N. The van der Waals surface area contributed by atoms with Gasteiger partial charge in [0.1, 0.15) is 0 Å². The van der Waals surface area contributed by atoms with E-state index in [4.69, 9.17) is 0 Å². The Labute approximate surface area is 101 Å². The number of hydrogen-bond acceptors (Lipinski definition) is 1. The van der Waals surface area contributed by atoms with Crippen LogP contribution in [0, 0.1) is 23.7 Å². The summed E-state index contributed by atoms with van der Waals surface area (Å²) in [5, 5.41) is 3.87. The second-order valence-corrected chi connectivity index (χ2v) is 6.52. The first-order chi connectivity index (χ1) is 7.68. The van der Waals surface area contributed by atoms with Crippen LogP contribution in [0.2, 0.25) is 0 Å². The summed E-state index contributed by atoms with van der Waals surface area (Å²) in [6, 6.07) is 0.815. The highest BCUT2D eigenvalue weighted by Gasteiger charge is 2.30. The van der Waals surface area contributed by atoms with Gasteiger partial charge in [-0.05, 0) is 55.9 Å². The van der Waals surface area contributed by atoms with Crippen molar-refractivity contribution in [3.8, 4) is 0 Å². The molecule has 94 valence electrons. The van der Waals surface area contributed by atoms with Crippen molar-refractivity contribution in [2.45, 2.75) is 65.3 Å². The smallest absolute Gasteiger partial charge is 0.00978 e. The van der Waals surface area contributed by atoms with E-state index in [0.717, 1.165) is 29.7 Å². The zero-order valence-corrected chi connectivity index (χ0v) is 11.3. The highest BCUT2D eigenvalue weighted by molar-refractivity contribution is 4.85. The van der Waals surface area contributed by atoms with Crippen molar-refractivity contribution in [2.75, 3.05) is 6.54 Å². The van der Waals surface area contributed by atoms with Gasteiger partial charge in [0.2, 0.25) is 0 Å². The van der Waals surface area contributed by atoms with Gasteiger partial charge in [-0.3, -0.25) is 0 Å². The lowest BCUT2D eigenvalue weighted by molar-refractivity contribution is 0.198. The minimum atomic E-state index is 0.815. The van der Waals surface area contributed by atoms with Crippen molar-refractivity contribution in [1.29, 1.82) is 0 Å². The SMILES string of the molecule is CC(C)C1CCCCC1NCC(C)C1CC1. The van der Waals surface area contributed by atoms with Crippen LogP contribution in [-0.2, 0) is 0 Å². The monoisotopic (exact) mass is 223 g/mol. The summed E-state index contributed by atoms with van der Waals surface area (Å²) in [5.74, 6) is 3.75. The molecule has 2 saturated carbocycles. The molecule has 3 atom stereocenters. The summed E-state index contributed by atoms with van der Waals surface area (Å²) in [5.41, 5.74) is 0. The van der Waals surface area contributed by atoms with Crippen molar-refractivity contribution in [3.63, 3.8) is 0 Å².